The molecule has 0 saturated heterocycles. The molecule has 0 aliphatic rings. The van der Waals surface area contributed by atoms with Crippen molar-refractivity contribution in [3.05, 3.63) is 6.33 Å². The van der Waals surface area contributed by atoms with E-state index in [-0.39, 0.29) is 0 Å². The predicted molar refractivity (Wildman–Crippen MR) is 59.4 cm³/mol. The minimum absolute atomic E-state index is 0.671. The van der Waals surface area contributed by atoms with Crippen molar-refractivity contribution in [1.29, 1.82) is 0 Å². The summed E-state index contributed by atoms with van der Waals surface area (Å²) in [6.07, 6.45) is 2.90. The summed E-state index contributed by atoms with van der Waals surface area (Å²) in [5.74, 6) is 2.69. The van der Waals surface area contributed by atoms with Crippen molar-refractivity contribution in [2.45, 2.75) is 18.5 Å². The van der Waals surface area contributed by atoms with E-state index < -0.39 is 0 Å². The second kappa shape index (κ2) is 5.54. The van der Waals surface area contributed by atoms with E-state index in [1.807, 2.05) is 11.6 Å². The number of hydrogen-bond donors (Lipinski definition) is 1. The van der Waals surface area contributed by atoms with Gasteiger partial charge in [0.2, 0.25) is 0 Å². The van der Waals surface area contributed by atoms with Gasteiger partial charge in [0.15, 0.2) is 5.16 Å². The Bertz CT molecular complexity index is 245. The van der Waals surface area contributed by atoms with Gasteiger partial charge in [-0.05, 0) is 11.7 Å². The highest BCUT2D eigenvalue weighted by Gasteiger charge is 2.07. The van der Waals surface area contributed by atoms with Gasteiger partial charge in [0.25, 0.3) is 0 Å². The smallest absolute Gasteiger partial charge is 0.190 e. The Morgan fingerprint density at radius 3 is 2.92 bits per heavy atom. The van der Waals surface area contributed by atoms with Crippen LogP contribution in [0.2, 0.25) is 0 Å². The van der Waals surface area contributed by atoms with Gasteiger partial charge in [-0.3, -0.25) is 0 Å². The van der Waals surface area contributed by atoms with Crippen molar-refractivity contribution < 1.29 is 0 Å². The number of rotatable bonds is 5. The first kappa shape index (κ1) is 10.9. The van der Waals surface area contributed by atoms with E-state index in [1.54, 1.807) is 18.1 Å². The number of nitrogens with zero attached hydrogens (tertiary/aromatic N) is 3. The average Bonchev–Trinajstić information content (AvgIpc) is 2.54. The highest BCUT2D eigenvalue weighted by atomic mass is 32.2. The maximum absolute atomic E-state index is 4.30. The number of hydrogen-bond acceptors (Lipinski definition) is 4. The molecule has 0 aliphatic carbocycles. The minimum atomic E-state index is 0.671. The lowest BCUT2D eigenvalue weighted by Gasteiger charge is -2.09. The fraction of sp³-hybridized carbons (Fsp3) is 0.750. The molecular weight excluding hydrogens is 202 g/mol. The fourth-order valence-corrected chi connectivity index (χ4v) is 2.55. The molecule has 3 nitrogen and oxygen atoms in total. The third-order valence-electron chi connectivity index (χ3n) is 1.95. The molecule has 0 radical (unpaired) electrons. The minimum Gasteiger partial charge on any atom is -0.312 e. The normalized spacial score (nSPS) is 13.2. The van der Waals surface area contributed by atoms with Crippen molar-refractivity contribution in [3.63, 3.8) is 0 Å². The summed E-state index contributed by atoms with van der Waals surface area (Å²) in [7, 11) is 1.96. The van der Waals surface area contributed by atoms with Gasteiger partial charge in [0.05, 0.1) is 0 Å². The van der Waals surface area contributed by atoms with E-state index in [4.69, 9.17) is 0 Å². The van der Waals surface area contributed by atoms with Crippen LogP contribution in [-0.4, -0.2) is 26.3 Å². The molecule has 0 aliphatic heterocycles. The van der Waals surface area contributed by atoms with Crippen molar-refractivity contribution in [2.75, 3.05) is 11.5 Å². The first-order valence-corrected chi connectivity index (χ1v) is 5.97. The summed E-state index contributed by atoms with van der Waals surface area (Å²) < 4.78 is 1.94. The molecule has 5 heteroatoms. The third-order valence-corrected chi connectivity index (χ3v) is 3.74. The lowest BCUT2D eigenvalue weighted by Crippen LogP contribution is -2.04. The second-order valence-corrected chi connectivity index (χ2v) is 4.34. The molecule has 1 heterocycles. The number of aryl methyl sites for hydroxylation is 1. The lowest BCUT2D eigenvalue weighted by molar-refractivity contribution is 0.647. The lowest BCUT2D eigenvalue weighted by atomic mass is 10.2. The van der Waals surface area contributed by atoms with Gasteiger partial charge >= 0.3 is 0 Å². The summed E-state index contributed by atoms with van der Waals surface area (Å²) in [6, 6.07) is 0. The zero-order valence-corrected chi connectivity index (χ0v) is 9.68. The molecule has 0 saturated carbocycles. The Hall–Kier alpha value is -0.160. The highest BCUT2D eigenvalue weighted by molar-refractivity contribution is 7.99. The van der Waals surface area contributed by atoms with Crippen LogP contribution in [-0.2, 0) is 7.05 Å². The fourth-order valence-electron chi connectivity index (χ4n) is 0.895. The molecule has 0 aromatic carbocycles. The van der Waals surface area contributed by atoms with Gasteiger partial charge < -0.3 is 4.57 Å². The molecular formula is C8H15N3S2. The molecule has 1 aromatic heterocycles. The van der Waals surface area contributed by atoms with Crippen LogP contribution in [0, 0.1) is 5.92 Å². The average molecular weight is 217 g/mol. The zero-order valence-electron chi connectivity index (χ0n) is 7.97. The molecule has 1 atom stereocenters. The van der Waals surface area contributed by atoms with Crippen LogP contribution in [0.4, 0.5) is 0 Å². The summed E-state index contributed by atoms with van der Waals surface area (Å²) in [5.41, 5.74) is 0. The van der Waals surface area contributed by atoms with Gasteiger partial charge in [0.1, 0.15) is 6.33 Å². The maximum Gasteiger partial charge on any atom is 0.190 e. The third kappa shape index (κ3) is 3.23. The van der Waals surface area contributed by atoms with Crippen LogP contribution in [0.15, 0.2) is 11.5 Å². The molecule has 74 valence electrons. The standard InChI is InChI=1S/C8H15N3S2/c1-3-7(4-12)5-13-8-10-9-6-11(8)2/h6-7,12H,3-5H2,1-2H3. The van der Waals surface area contributed by atoms with Crippen molar-refractivity contribution in [2.24, 2.45) is 13.0 Å². The quantitative estimate of drug-likeness (QED) is 0.603. The van der Waals surface area contributed by atoms with Gasteiger partial charge in [-0.2, -0.15) is 12.6 Å². The zero-order chi connectivity index (χ0) is 9.68. The molecule has 1 aromatic rings. The Labute approximate surface area is 88.7 Å². The van der Waals surface area contributed by atoms with E-state index >= 15 is 0 Å². The Morgan fingerprint density at radius 2 is 2.46 bits per heavy atom. The molecule has 1 rings (SSSR count). The summed E-state index contributed by atoms with van der Waals surface area (Å²) in [4.78, 5) is 0. The largest absolute Gasteiger partial charge is 0.312 e. The summed E-state index contributed by atoms with van der Waals surface area (Å²) >= 11 is 6.05. The van der Waals surface area contributed by atoms with Crippen LogP contribution in [0.25, 0.3) is 0 Å². The van der Waals surface area contributed by atoms with Crippen LogP contribution in [0.3, 0.4) is 0 Å². The topological polar surface area (TPSA) is 30.7 Å². The molecule has 13 heavy (non-hydrogen) atoms. The van der Waals surface area contributed by atoms with Gasteiger partial charge in [-0.25, -0.2) is 0 Å². The van der Waals surface area contributed by atoms with Crippen molar-refractivity contribution in [3.8, 4) is 0 Å². The van der Waals surface area contributed by atoms with Crippen molar-refractivity contribution in [1.82, 2.24) is 14.8 Å². The Kier molecular flexibility index (Phi) is 4.66. The first-order chi connectivity index (χ1) is 6.27. The van der Waals surface area contributed by atoms with Crippen LogP contribution < -0.4 is 0 Å². The van der Waals surface area contributed by atoms with E-state index in [9.17, 15) is 0 Å². The summed E-state index contributed by atoms with van der Waals surface area (Å²) in [6.45, 7) is 2.19. The Morgan fingerprint density at radius 1 is 1.69 bits per heavy atom. The number of thioether (sulfide) groups is 1. The van der Waals surface area contributed by atoms with E-state index in [1.165, 1.54) is 6.42 Å². The molecule has 0 bridgehead atoms. The van der Waals surface area contributed by atoms with E-state index in [0.717, 1.165) is 16.7 Å². The number of aromatic nitrogens is 3. The van der Waals surface area contributed by atoms with Crippen molar-refractivity contribution >= 4 is 24.4 Å². The van der Waals surface area contributed by atoms with E-state index in [2.05, 4.69) is 29.7 Å². The molecule has 1 unspecified atom stereocenters. The number of thiol groups is 1. The molecule has 0 N–H and O–H groups in total. The monoisotopic (exact) mass is 217 g/mol. The SMILES string of the molecule is CCC(CS)CSc1nncn1C. The molecule has 0 fully saturated rings. The summed E-state index contributed by atoms with van der Waals surface area (Å²) in [5, 5.41) is 8.82. The maximum atomic E-state index is 4.30. The second-order valence-electron chi connectivity index (χ2n) is 2.99. The highest BCUT2D eigenvalue weighted by Crippen LogP contribution is 2.19. The Balaban J connectivity index is 2.38. The first-order valence-electron chi connectivity index (χ1n) is 4.35. The van der Waals surface area contributed by atoms with Gasteiger partial charge in [-0.15, -0.1) is 10.2 Å². The molecule has 0 amide bonds. The van der Waals surface area contributed by atoms with Crippen LogP contribution >= 0.6 is 24.4 Å². The van der Waals surface area contributed by atoms with Gasteiger partial charge in [-0.1, -0.05) is 25.1 Å². The predicted octanol–water partition coefficient (Wildman–Crippen LogP) is 1.86. The molecule has 0 spiro atoms. The van der Waals surface area contributed by atoms with Crippen LogP contribution in [0.5, 0.6) is 0 Å². The van der Waals surface area contributed by atoms with Crippen LogP contribution in [0.1, 0.15) is 13.3 Å². The van der Waals surface area contributed by atoms with Gasteiger partial charge in [0, 0.05) is 12.8 Å². The van der Waals surface area contributed by atoms with E-state index in [0.29, 0.717) is 5.92 Å².